The first-order chi connectivity index (χ1) is 8.95. The molecule has 104 valence electrons. The summed E-state index contributed by atoms with van der Waals surface area (Å²) in [5, 5.41) is 11.6. The quantitative estimate of drug-likeness (QED) is 0.685. The third-order valence-electron chi connectivity index (χ3n) is 2.99. The number of aliphatic carboxylic acids is 1. The number of amides is 1. The van der Waals surface area contributed by atoms with E-state index < -0.39 is 17.9 Å². The van der Waals surface area contributed by atoms with Crippen LogP contribution in [0.15, 0.2) is 18.2 Å². The smallest absolute Gasteiger partial charge is 0.326 e. The van der Waals surface area contributed by atoms with Crippen LogP contribution in [0.4, 0.5) is 5.69 Å². The molecule has 0 fully saturated rings. The number of hydrogen-bond donors (Lipinski definition) is 3. The Hall–Kier alpha value is -2.04. The maximum Gasteiger partial charge on any atom is 0.326 e. The normalized spacial score (nSPS) is 11.9. The lowest BCUT2D eigenvalue weighted by atomic mass is 10.1. The molecule has 0 saturated carbocycles. The van der Waals surface area contributed by atoms with Gasteiger partial charge in [-0.25, -0.2) is 4.79 Å². The summed E-state index contributed by atoms with van der Waals surface area (Å²) in [6.45, 7) is 3.82. The van der Waals surface area contributed by atoms with Crippen LogP contribution >= 0.6 is 0 Å². The lowest BCUT2D eigenvalue weighted by Crippen LogP contribution is -2.40. The van der Waals surface area contributed by atoms with E-state index >= 15 is 0 Å². The predicted octanol–water partition coefficient (Wildman–Crippen LogP) is 1.95. The zero-order valence-electron chi connectivity index (χ0n) is 11.3. The van der Waals surface area contributed by atoms with Gasteiger partial charge in [-0.15, -0.1) is 0 Å². The van der Waals surface area contributed by atoms with Crippen molar-refractivity contribution >= 4 is 17.6 Å². The van der Waals surface area contributed by atoms with E-state index in [0.717, 1.165) is 18.4 Å². The van der Waals surface area contributed by atoms with E-state index in [-0.39, 0.29) is 0 Å². The molecule has 4 N–H and O–H groups in total. The van der Waals surface area contributed by atoms with E-state index in [0.29, 0.717) is 17.7 Å². The molecule has 1 atom stereocenters. The summed E-state index contributed by atoms with van der Waals surface area (Å²) in [6.07, 6.45) is 2.07. The number of nitrogens with one attached hydrogen (secondary N) is 1. The molecule has 0 spiro atoms. The Kier molecular flexibility index (Phi) is 5.36. The van der Waals surface area contributed by atoms with Crippen molar-refractivity contribution in [2.45, 2.75) is 39.2 Å². The summed E-state index contributed by atoms with van der Waals surface area (Å²) in [7, 11) is 0. The summed E-state index contributed by atoms with van der Waals surface area (Å²) in [5.74, 6) is -1.42. The van der Waals surface area contributed by atoms with Crippen molar-refractivity contribution in [3.63, 3.8) is 0 Å². The zero-order chi connectivity index (χ0) is 14.4. The molecule has 0 aliphatic rings. The fourth-order valence-corrected chi connectivity index (χ4v) is 1.69. The topological polar surface area (TPSA) is 92.4 Å². The zero-order valence-corrected chi connectivity index (χ0v) is 11.3. The maximum atomic E-state index is 12.0. The molecule has 1 aromatic carbocycles. The molecule has 0 aromatic heterocycles. The van der Waals surface area contributed by atoms with Crippen molar-refractivity contribution in [2.75, 3.05) is 5.73 Å². The Labute approximate surface area is 112 Å². The van der Waals surface area contributed by atoms with E-state index in [1.165, 1.54) is 0 Å². The molecule has 0 radical (unpaired) electrons. The van der Waals surface area contributed by atoms with Crippen LogP contribution < -0.4 is 11.1 Å². The summed E-state index contributed by atoms with van der Waals surface area (Å²) < 4.78 is 0. The number of nitrogen functional groups attached to an aromatic ring is 1. The largest absolute Gasteiger partial charge is 0.480 e. The first kappa shape index (κ1) is 15.0. The minimum Gasteiger partial charge on any atom is -0.480 e. The predicted molar refractivity (Wildman–Crippen MR) is 74.0 cm³/mol. The molecule has 0 bridgehead atoms. The van der Waals surface area contributed by atoms with E-state index in [9.17, 15) is 9.59 Å². The van der Waals surface area contributed by atoms with Crippen LogP contribution in [0.25, 0.3) is 0 Å². The van der Waals surface area contributed by atoms with Gasteiger partial charge in [0.05, 0.1) is 0 Å². The highest BCUT2D eigenvalue weighted by atomic mass is 16.4. The SMILES string of the molecule is CCCC[C@H](NC(=O)c1ccc(C)c(N)c1)C(=O)O. The molecular formula is C14H20N2O3. The summed E-state index contributed by atoms with van der Waals surface area (Å²) in [6, 6.07) is 4.09. The molecule has 5 heteroatoms. The van der Waals surface area contributed by atoms with Crippen molar-refractivity contribution in [3.8, 4) is 0 Å². The average molecular weight is 264 g/mol. The summed E-state index contributed by atoms with van der Waals surface area (Å²) >= 11 is 0. The second-order valence-corrected chi connectivity index (χ2v) is 4.58. The minimum absolute atomic E-state index is 0.380. The van der Waals surface area contributed by atoms with Crippen LogP contribution in [0, 0.1) is 6.92 Å². The van der Waals surface area contributed by atoms with Gasteiger partial charge in [-0.1, -0.05) is 25.8 Å². The Bertz CT molecular complexity index is 472. The molecule has 1 rings (SSSR count). The van der Waals surface area contributed by atoms with Gasteiger partial charge in [-0.2, -0.15) is 0 Å². The van der Waals surface area contributed by atoms with Crippen LogP contribution in [0.1, 0.15) is 42.1 Å². The highest BCUT2D eigenvalue weighted by Crippen LogP contribution is 2.13. The van der Waals surface area contributed by atoms with Crippen molar-refractivity contribution in [2.24, 2.45) is 0 Å². The number of aryl methyl sites for hydroxylation is 1. The highest BCUT2D eigenvalue weighted by molar-refractivity contribution is 5.97. The number of anilines is 1. The molecule has 1 amide bonds. The van der Waals surface area contributed by atoms with Gasteiger partial charge in [0, 0.05) is 11.3 Å². The lowest BCUT2D eigenvalue weighted by molar-refractivity contribution is -0.139. The van der Waals surface area contributed by atoms with Crippen molar-refractivity contribution in [3.05, 3.63) is 29.3 Å². The van der Waals surface area contributed by atoms with E-state index in [2.05, 4.69) is 5.32 Å². The van der Waals surface area contributed by atoms with Crippen molar-refractivity contribution in [1.29, 1.82) is 0 Å². The summed E-state index contributed by atoms with van der Waals surface area (Å²) in [5.41, 5.74) is 7.52. The standard InChI is InChI=1S/C14H20N2O3/c1-3-4-5-12(14(18)19)16-13(17)10-7-6-9(2)11(15)8-10/h6-8,12H,3-5,15H2,1-2H3,(H,16,17)(H,18,19)/t12-/m0/s1. The van der Waals surface area contributed by atoms with Gasteiger partial charge in [0.15, 0.2) is 0 Å². The van der Waals surface area contributed by atoms with Gasteiger partial charge in [0.25, 0.3) is 5.91 Å². The van der Waals surface area contributed by atoms with E-state index in [4.69, 9.17) is 10.8 Å². The van der Waals surface area contributed by atoms with E-state index in [1.807, 2.05) is 13.8 Å². The van der Waals surface area contributed by atoms with Gasteiger partial charge in [-0.3, -0.25) is 4.79 Å². The van der Waals surface area contributed by atoms with Crippen molar-refractivity contribution in [1.82, 2.24) is 5.32 Å². The molecular weight excluding hydrogens is 244 g/mol. The number of benzene rings is 1. The Morgan fingerprint density at radius 3 is 2.63 bits per heavy atom. The summed E-state index contributed by atoms with van der Waals surface area (Å²) in [4.78, 5) is 23.0. The fraction of sp³-hybridized carbons (Fsp3) is 0.429. The second-order valence-electron chi connectivity index (χ2n) is 4.58. The molecule has 0 saturated heterocycles. The molecule has 0 unspecified atom stereocenters. The third-order valence-corrected chi connectivity index (χ3v) is 2.99. The third kappa shape index (κ3) is 4.28. The molecule has 0 aliphatic heterocycles. The monoisotopic (exact) mass is 264 g/mol. The van der Waals surface area contributed by atoms with Crippen LogP contribution in [-0.2, 0) is 4.79 Å². The van der Waals surface area contributed by atoms with Gasteiger partial charge in [0.2, 0.25) is 0 Å². The van der Waals surface area contributed by atoms with E-state index in [1.54, 1.807) is 18.2 Å². The minimum atomic E-state index is -1.01. The molecule has 0 heterocycles. The maximum absolute atomic E-state index is 12.0. The van der Waals surface area contributed by atoms with Crippen molar-refractivity contribution < 1.29 is 14.7 Å². The fourth-order valence-electron chi connectivity index (χ4n) is 1.69. The van der Waals surface area contributed by atoms with Crippen LogP contribution in [0.5, 0.6) is 0 Å². The van der Waals surface area contributed by atoms with Gasteiger partial charge >= 0.3 is 5.97 Å². The second kappa shape index (κ2) is 6.78. The van der Waals surface area contributed by atoms with Crippen LogP contribution in [0.3, 0.4) is 0 Å². The molecule has 0 aliphatic carbocycles. The number of rotatable bonds is 6. The number of carboxylic acid groups (broad SMARTS) is 1. The lowest BCUT2D eigenvalue weighted by Gasteiger charge is -2.14. The van der Waals surface area contributed by atoms with Crippen LogP contribution in [-0.4, -0.2) is 23.0 Å². The Morgan fingerprint density at radius 2 is 2.11 bits per heavy atom. The number of unbranched alkanes of at least 4 members (excludes halogenated alkanes) is 1. The number of hydrogen-bond acceptors (Lipinski definition) is 3. The molecule has 1 aromatic rings. The van der Waals surface area contributed by atoms with Gasteiger partial charge < -0.3 is 16.2 Å². The highest BCUT2D eigenvalue weighted by Gasteiger charge is 2.20. The molecule has 19 heavy (non-hydrogen) atoms. The number of carboxylic acids is 1. The number of carbonyl (C=O) groups is 2. The van der Waals surface area contributed by atoms with Gasteiger partial charge in [-0.05, 0) is 31.0 Å². The first-order valence-electron chi connectivity index (χ1n) is 6.35. The average Bonchev–Trinajstić information content (AvgIpc) is 2.37. The Morgan fingerprint density at radius 1 is 1.42 bits per heavy atom. The Balaban J connectivity index is 2.75. The van der Waals surface area contributed by atoms with Crippen LogP contribution in [0.2, 0.25) is 0 Å². The first-order valence-corrected chi connectivity index (χ1v) is 6.35. The molecule has 5 nitrogen and oxygen atoms in total. The number of carbonyl (C=O) groups excluding carboxylic acids is 1. The number of nitrogens with two attached hydrogens (primary N) is 1. The van der Waals surface area contributed by atoms with Gasteiger partial charge in [0.1, 0.15) is 6.04 Å².